The van der Waals surface area contributed by atoms with E-state index in [2.05, 4.69) is 0 Å². The van der Waals surface area contributed by atoms with Crippen LogP contribution in [0.15, 0.2) is 0 Å². The summed E-state index contributed by atoms with van der Waals surface area (Å²) in [4.78, 5) is 11.5. The number of esters is 1. The zero-order chi connectivity index (χ0) is 9.10. The molecule has 0 aliphatic heterocycles. The maximum atomic E-state index is 11.5. The molecule has 0 amide bonds. The van der Waals surface area contributed by atoms with E-state index in [1.54, 1.807) is 0 Å². The van der Waals surface area contributed by atoms with Crippen LogP contribution in [-0.2, 0) is 9.53 Å². The van der Waals surface area contributed by atoms with Crippen molar-refractivity contribution < 1.29 is 9.53 Å². The van der Waals surface area contributed by atoms with Crippen LogP contribution in [0.25, 0.3) is 0 Å². The first kappa shape index (κ1) is 7.84. The van der Waals surface area contributed by atoms with Crippen LogP contribution in [0.4, 0.5) is 0 Å². The van der Waals surface area contributed by atoms with Gasteiger partial charge in [-0.05, 0) is 42.9 Å². The van der Waals surface area contributed by atoms with Crippen molar-refractivity contribution in [2.45, 2.75) is 38.5 Å². The van der Waals surface area contributed by atoms with Gasteiger partial charge in [0, 0.05) is 0 Å². The molecule has 2 nitrogen and oxygen atoms in total. The van der Waals surface area contributed by atoms with Gasteiger partial charge >= 0.3 is 5.97 Å². The monoisotopic (exact) mass is 180 g/mol. The summed E-state index contributed by atoms with van der Waals surface area (Å²) in [5.41, 5.74) is 1.02. The first-order chi connectivity index (χ1) is 6.24. The molecule has 3 rings (SSSR count). The maximum Gasteiger partial charge on any atom is 0.309 e. The van der Waals surface area contributed by atoms with Gasteiger partial charge in [-0.1, -0.05) is 6.42 Å². The van der Waals surface area contributed by atoms with Gasteiger partial charge in [0.15, 0.2) is 0 Å². The predicted molar refractivity (Wildman–Crippen MR) is 48.1 cm³/mol. The molecule has 0 radical (unpaired) electrons. The van der Waals surface area contributed by atoms with Crippen molar-refractivity contribution in [3.63, 3.8) is 0 Å². The Bertz CT molecular complexity index is 273. The van der Waals surface area contributed by atoms with Gasteiger partial charge in [-0.15, -0.1) is 0 Å². The van der Waals surface area contributed by atoms with E-state index < -0.39 is 0 Å². The van der Waals surface area contributed by atoms with Crippen LogP contribution in [0, 0.1) is 16.7 Å². The summed E-state index contributed by atoms with van der Waals surface area (Å²) in [5.74, 6) is 0.311. The number of ether oxygens (including phenoxy) is 1. The highest BCUT2D eigenvalue weighted by atomic mass is 16.5. The van der Waals surface area contributed by atoms with Crippen LogP contribution in [0.5, 0.6) is 0 Å². The van der Waals surface area contributed by atoms with E-state index in [-0.39, 0.29) is 11.9 Å². The van der Waals surface area contributed by atoms with E-state index in [1.807, 2.05) is 0 Å². The molecule has 3 fully saturated rings. The summed E-state index contributed by atoms with van der Waals surface area (Å²) < 4.78 is 4.87. The molecule has 0 saturated heterocycles. The molecule has 0 unspecified atom stereocenters. The fourth-order valence-corrected chi connectivity index (χ4v) is 4.34. The van der Waals surface area contributed by atoms with Gasteiger partial charge in [-0.2, -0.15) is 0 Å². The Balaban J connectivity index is 1.87. The highest BCUT2D eigenvalue weighted by Crippen LogP contribution is 2.80. The van der Waals surface area contributed by atoms with Crippen LogP contribution >= 0.6 is 0 Å². The molecule has 0 aromatic heterocycles. The Kier molecular flexibility index (Phi) is 1.27. The average Bonchev–Trinajstić information content (AvgIpc) is 2.37. The van der Waals surface area contributed by atoms with Crippen molar-refractivity contribution in [1.82, 2.24) is 0 Å². The molecule has 0 spiro atoms. The first-order valence-electron chi connectivity index (χ1n) is 5.32. The van der Waals surface area contributed by atoms with Crippen molar-refractivity contribution in [3.05, 3.63) is 0 Å². The van der Waals surface area contributed by atoms with E-state index in [0.717, 1.165) is 6.42 Å². The van der Waals surface area contributed by atoms with Crippen LogP contribution in [0.3, 0.4) is 0 Å². The van der Waals surface area contributed by atoms with Crippen molar-refractivity contribution in [2.24, 2.45) is 16.7 Å². The molecule has 0 N–H and O–H groups in total. The molecule has 0 bridgehead atoms. The van der Waals surface area contributed by atoms with Crippen LogP contribution in [0.1, 0.15) is 38.5 Å². The molecule has 72 valence electrons. The van der Waals surface area contributed by atoms with E-state index in [9.17, 15) is 4.79 Å². The van der Waals surface area contributed by atoms with Gasteiger partial charge in [0.1, 0.15) is 0 Å². The van der Waals surface area contributed by atoms with Crippen LogP contribution in [-0.4, -0.2) is 13.1 Å². The molecular weight excluding hydrogens is 164 g/mol. The highest BCUT2D eigenvalue weighted by molar-refractivity contribution is 5.76. The highest BCUT2D eigenvalue weighted by Gasteiger charge is 2.74. The summed E-state index contributed by atoms with van der Waals surface area (Å²) in [5, 5.41) is 0. The number of hydrogen-bond acceptors (Lipinski definition) is 2. The van der Waals surface area contributed by atoms with Gasteiger partial charge < -0.3 is 4.74 Å². The molecule has 3 aliphatic rings. The number of carbonyl (C=O) groups excluding carboxylic acids is 1. The molecular formula is C11H16O2. The fourth-order valence-electron chi connectivity index (χ4n) is 4.34. The van der Waals surface area contributed by atoms with Gasteiger partial charge in [0.05, 0.1) is 13.0 Å². The number of carbonyl (C=O) groups is 1. The number of rotatable bonds is 1. The van der Waals surface area contributed by atoms with Crippen molar-refractivity contribution >= 4 is 5.97 Å². The van der Waals surface area contributed by atoms with Crippen LogP contribution in [0.2, 0.25) is 0 Å². The molecule has 13 heavy (non-hydrogen) atoms. The molecule has 0 heterocycles. The van der Waals surface area contributed by atoms with Crippen molar-refractivity contribution in [1.29, 1.82) is 0 Å². The summed E-state index contributed by atoms with van der Waals surface area (Å²) >= 11 is 0. The standard InChI is InChI=1S/C11H16O2/c1-13-9(12)8-7-10-3-2-4-11(8,10)6-5-10/h8H,2-7H2,1H3/t8-,10+,11-/m0/s1. The fraction of sp³-hybridized carbons (Fsp3) is 0.909. The topological polar surface area (TPSA) is 26.3 Å². The average molecular weight is 180 g/mol. The van der Waals surface area contributed by atoms with Crippen molar-refractivity contribution in [2.75, 3.05) is 7.11 Å². The summed E-state index contributed by atoms with van der Waals surface area (Å²) in [6, 6.07) is 0. The van der Waals surface area contributed by atoms with E-state index in [1.165, 1.54) is 39.2 Å². The largest absolute Gasteiger partial charge is 0.469 e. The van der Waals surface area contributed by atoms with E-state index in [4.69, 9.17) is 4.74 Å². The smallest absolute Gasteiger partial charge is 0.309 e. The third-order valence-corrected chi connectivity index (χ3v) is 5.13. The first-order valence-corrected chi connectivity index (χ1v) is 5.32. The maximum absolute atomic E-state index is 11.5. The molecule has 2 heteroatoms. The molecule has 0 aromatic carbocycles. The lowest BCUT2D eigenvalue weighted by Gasteiger charge is -2.68. The van der Waals surface area contributed by atoms with Gasteiger partial charge in [-0.25, -0.2) is 0 Å². The Morgan fingerprint density at radius 3 is 2.69 bits per heavy atom. The lowest BCUT2D eigenvalue weighted by atomic mass is 9.35. The summed E-state index contributed by atoms with van der Waals surface area (Å²) in [6.07, 6.45) is 7.79. The normalized spacial score (nSPS) is 51.3. The van der Waals surface area contributed by atoms with Gasteiger partial charge in [0.25, 0.3) is 0 Å². The lowest BCUT2D eigenvalue weighted by Crippen LogP contribution is -2.64. The van der Waals surface area contributed by atoms with Crippen LogP contribution < -0.4 is 0 Å². The second kappa shape index (κ2) is 2.10. The van der Waals surface area contributed by atoms with E-state index in [0.29, 0.717) is 10.8 Å². The van der Waals surface area contributed by atoms with E-state index >= 15 is 0 Å². The quantitative estimate of drug-likeness (QED) is 0.578. The summed E-state index contributed by atoms with van der Waals surface area (Å²) in [6.45, 7) is 0. The Morgan fingerprint density at radius 1 is 1.31 bits per heavy atom. The Hall–Kier alpha value is -0.530. The Morgan fingerprint density at radius 2 is 2.15 bits per heavy atom. The molecule has 3 aliphatic carbocycles. The Labute approximate surface area is 78.6 Å². The zero-order valence-corrected chi connectivity index (χ0v) is 8.14. The second-order valence-corrected chi connectivity index (χ2v) is 5.07. The minimum atomic E-state index is 0.0530. The SMILES string of the molecule is COC(=O)[C@@H]1C[C@]23CCC[C@]12CC3. The minimum absolute atomic E-state index is 0.0530. The van der Waals surface area contributed by atoms with Gasteiger partial charge in [0.2, 0.25) is 0 Å². The molecule has 3 saturated carbocycles. The lowest BCUT2D eigenvalue weighted by molar-refractivity contribution is -0.222. The molecule has 3 atom stereocenters. The minimum Gasteiger partial charge on any atom is -0.469 e. The van der Waals surface area contributed by atoms with Gasteiger partial charge in [-0.3, -0.25) is 4.79 Å². The zero-order valence-electron chi connectivity index (χ0n) is 8.14. The third-order valence-electron chi connectivity index (χ3n) is 5.13. The number of methoxy groups -OCH3 is 1. The predicted octanol–water partition coefficient (Wildman–Crippen LogP) is 2.13. The third kappa shape index (κ3) is 0.628. The number of hydrogen-bond donors (Lipinski definition) is 0. The second-order valence-electron chi connectivity index (χ2n) is 5.07. The molecule has 0 aromatic rings. The van der Waals surface area contributed by atoms with Crippen molar-refractivity contribution in [3.8, 4) is 0 Å². The summed E-state index contributed by atoms with van der Waals surface area (Å²) in [7, 11) is 1.52.